The van der Waals surface area contributed by atoms with Gasteiger partial charge < -0.3 is 9.26 Å². The van der Waals surface area contributed by atoms with E-state index in [4.69, 9.17) is 4.74 Å². The lowest BCUT2D eigenvalue weighted by Gasteiger charge is -2.08. The second-order valence-electron chi connectivity index (χ2n) is 3.33. The monoisotopic (exact) mass is 296 g/mol. The van der Waals surface area contributed by atoms with E-state index in [1.54, 1.807) is 18.2 Å². The summed E-state index contributed by atoms with van der Waals surface area (Å²) in [7, 11) is 0. The predicted molar refractivity (Wildman–Crippen MR) is 62.8 cm³/mol. The first-order valence-corrected chi connectivity index (χ1v) is 5.64. The number of nitrogens with zero attached hydrogens (tertiary/aromatic N) is 2. The molecule has 0 bridgehead atoms. The van der Waals surface area contributed by atoms with Crippen LogP contribution in [0.4, 0.5) is 0 Å². The molecule has 1 aromatic carbocycles. The lowest BCUT2D eigenvalue weighted by molar-refractivity contribution is 0.101. The molecule has 88 valence electrons. The third-order valence-corrected chi connectivity index (χ3v) is 2.58. The minimum Gasteiger partial charge on any atom is -0.485 e. The van der Waals surface area contributed by atoms with Crippen LogP contribution >= 0.6 is 15.9 Å². The third-order valence-electron chi connectivity index (χ3n) is 2.08. The molecule has 0 atom stereocenters. The molecule has 0 saturated heterocycles. The van der Waals surface area contributed by atoms with Crippen molar-refractivity contribution < 1.29 is 14.1 Å². The maximum atomic E-state index is 11.4. The molecule has 0 unspecified atom stereocenters. The fraction of sp³-hybridized carbons (Fsp3) is 0.182. The molecule has 0 saturated carbocycles. The molecule has 0 aliphatic carbocycles. The van der Waals surface area contributed by atoms with Crippen molar-refractivity contribution in [3.05, 3.63) is 40.5 Å². The lowest BCUT2D eigenvalue weighted by atomic mass is 10.1. The first-order valence-electron chi connectivity index (χ1n) is 4.85. The SMILES string of the molecule is CC(=O)c1cc(Br)ccc1OCc1ncon1. The topological polar surface area (TPSA) is 65.2 Å². The van der Waals surface area contributed by atoms with Crippen LogP contribution in [0.5, 0.6) is 5.75 Å². The number of benzene rings is 1. The van der Waals surface area contributed by atoms with Crippen molar-refractivity contribution in [1.82, 2.24) is 10.1 Å². The minimum absolute atomic E-state index is 0.0607. The molecule has 0 amide bonds. The fourth-order valence-electron chi connectivity index (χ4n) is 1.30. The van der Waals surface area contributed by atoms with Crippen LogP contribution in [0.1, 0.15) is 23.1 Å². The van der Waals surface area contributed by atoms with E-state index in [-0.39, 0.29) is 12.4 Å². The highest BCUT2D eigenvalue weighted by Gasteiger charge is 2.10. The van der Waals surface area contributed by atoms with Crippen molar-refractivity contribution in [3.63, 3.8) is 0 Å². The quantitative estimate of drug-likeness (QED) is 0.812. The van der Waals surface area contributed by atoms with Crippen LogP contribution in [0.15, 0.2) is 33.6 Å². The van der Waals surface area contributed by atoms with Crippen molar-refractivity contribution >= 4 is 21.7 Å². The Hall–Kier alpha value is -1.69. The normalized spacial score (nSPS) is 10.2. The van der Waals surface area contributed by atoms with E-state index in [0.29, 0.717) is 17.1 Å². The number of ether oxygens (including phenoxy) is 1. The van der Waals surface area contributed by atoms with Crippen LogP contribution in [-0.2, 0) is 6.61 Å². The summed E-state index contributed by atoms with van der Waals surface area (Å²) in [5.74, 6) is 0.877. The molecule has 0 N–H and O–H groups in total. The second-order valence-corrected chi connectivity index (χ2v) is 4.25. The van der Waals surface area contributed by atoms with Crippen LogP contribution < -0.4 is 4.74 Å². The number of aromatic nitrogens is 2. The first-order chi connectivity index (χ1) is 8.16. The van der Waals surface area contributed by atoms with Crippen LogP contribution in [0.2, 0.25) is 0 Å². The van der Waals surface area contributed by atoms with Gasteiger partial charge in [-0.2, -0.15) is 4.98 Å². The number of ketones is 1. The van der Waals surface area contributed by atoms with Crippen LogP contribution in [0, 0.1) is 0 Å². The van der Waals surface area contributed by atoms with Crippen LogP contribution in [-0.4, -0.2) is 15.9 Å². The van der Waals surface area contributed by atoms with Crippen molar-refractivity contribution in [2.24, 2.45) is 0 Å². The van der Waals surface area contributed by atoms with E-state index in [2.05, 4.69) is 30.6 Å². The number of carbonyl (C=O) groups is 1. The maximum Gasteiger partial charge on any atom is 0.213 e. The van der Waals surface area contributed by atoms with Crippen molar-refractivity contribution in [1.29, 1.82) is 0 Å². The molecule has 0 radical (unpaired) electrons. The Bertz CT molecular complexity index is 526. The third kappa shape index (κ3) is 2.91. The molecule has 5 nitrogen and oxygen atoms in total. The summed E-state index contributed by atoms with van der Waals surface area (Å²) in [6.45, 7) is 1.65. The molecular weight excluding hydrogens is 288 g/mol. The average molecular weight is 297 g/mol. The molecule has 0 fully saturated rings. The van der Waals surface area contributed by atoms with E-state index in [1.165, 1.54) is 13.3 Å². The van der Waals surface area contributed by atoms with E-state index >= 15 is 0 Å². The zero-order chi connectivity index (χ0) is 12.3. The van der Waals surface area contributed by atoms with E-state index < -0.39 is 0 Å². The Kier molecular flexibility index (Phi) is 3.53. The molecule has 1 aromatic heterocycles. The molecular formula is C11H9BrN2O3. The van der Waals surface area contributed by atoms with Gasteiger partial charge >= 0.3 is 0 Å². The summed E-state index contributed by atoms with van der Waals surface area (Å²) in [5, 5.41) is 3.62. The zero-order valence-electron chi connectivity index (χ0n) is 9.01. The van der Waals surface area contributed by atoms with Gasteiger partial charge in [-0.05, 0) is 25.1 Å². The highest BCUT2D eigenvalue weighted by Crippen LogP contribution is 2.24. The van der Waals surface area contributed by atoms with Gasteiger partial charge in [0.1, 0.15) is 5.75 Å². The number of rotatable bonds is 4. The van der Waals surface area contributed by atoms with E-state index in [1.807, 2.05) is 0 Å². The number of hydrogen-bond donors (Lipinski definition) is 0. The molecule has 0 spiro atoms. The highest BCUT2D eigenvalue weighted by molar-refractivity contribution is 9.10. The fourth-order valence-corrected chi connectivity index (χ4v) is 1.66. The van der Waals surface area contributed by atoms with Gasteiger partial charge in [-0.25, -0.2) is 0 Å². The van der Waals surface area contributed by atoms with Crippen LogP contribution in [0.25, 0.3) is 0 Å². The summed E-state index contributed by atoms with van der Waals surface area (Å²) in [6, 6.07) is 5.24. The minimum atomic E-state index is -0.0607. The Labute approximate surface area is 106 Å². The second kappa shape index (κ2) is 5.09. The standard InChI is InChI=1S/C11H9BrN2O3/c1-7(15)9-4-8(12)2-3-10(9)16-5-11-13-6-17-14-11/h2-4,6H,5H2,1H3. The molecule has 0 aliphatic heterocycles. The summed E-state index contributed by atoms with van der Waals surface area (Å²) < 4.78 is 10.9. The summed E-state index contributed by atoms with van der Waals surface area (Å²) in [6.07, 6.45) is 1.23. The average Bonchev–Trinajstić information content (AvgIpc) is 2.80. The largest absolute Gasteiger partial charge is 0.485 e. The van der Waals surface area contributed by atoms with Gasteiger partial charge in [0, 0.05) is 4.47 Å². The van der Waals surface area contributed by atoms with Gasteiger partial charge in [-0.3, -0.25) is 4.79 Å². The summed E-state index contributed by atoms with van der Waals surface area (Å²) in [5.41, 5.74) is 0.517. The van der Waals surface area contributed by atoms with Gasteiger partial charge in [0.05, 0.1) is 5.56 Å². The Morgan fingerprint density at radius 3 is 3.00 bits per heavy atom. The van der Waals surface area contributed by atoms with Gasteiger partial charge in [0.25, 0.3) is 0 Å². The molecule has 2 rings (SSSR count). The number of halogens is 1. The van der Waals surface area contributed by atoms with Gasteiger partial charge in [0.15, 0.2) is 12.4 Å². The van der Waals surface area contributed by atoms with Crippen molar-refractivity contribution in [3.8, 4) is 5.75 Å². The number of carbonyl (C=O) groups excluding carboxylic acids is 1. The number of hydrogen-bond acceptors (Lipinski definition) is 5. The number of Topliss-reactive ketones (excluding diaryl/α,β-unsaturated/α-hetero) is 1. The van der Waals surface area contributed by atoms with E-state index in [9.17, 15) is 4.79 Å². The maximum absolute atomic E-state index is 11.4. The van der Waals surface area contributed by atoms with Gasteiger partial charge in [0.2, 0.25) is 12.2 Å². The van der Waals surface area contributed by atoms with Gasteiger partial charge in [-0.15, -0.1) is 0 Å². The highest BCUT2D eigenvalue weighted by atomic mass is 79.9. The smallest absolute Gasteiger partial charge is 0.213 e. The lowest BCUT2D eigenvalue weighted by Crippen LogP contribution is -2.02. The molecule has 0 aliphatic rings. The van der Waals surface area contributed by atoms with E-state index in [0.717, 1.165) is 4.47 Å². The molecule has 1 heterocycles. The van der Waals surface area contributed by atoms with Gasteiger partial charge in [-0.1, -0.05) is 21.1 Å². The zero-order valence-corrected chi connectivity index (χ0v) is 10.6. The molecule has 6 heteroatoms. The summed E-state index contributed by atoms with van der Waals surface area (Å²) in [4.78, 5) is 15.3. The predicted octanol–water partition coefficient (Wildman–Crippen LogP) is 2.61. The first kappa shape index (κ1) is 11.8. The van der Waals surface area contributed by atoms with Crippen LogP contribution in [0.3, 0.4) is 0 Å². The molecule has 17 heavy (non-hydrogen) atoms. The van der Waals surface area contributed by atoms with Crippen molar-refractivity contribution in [2.45, 2.75) is 13.5 Å². The summed E-state index contributed by atoms with van der Waals surface area (Å²) >= 11 is 3.31. The Balaban J connectivity index is 2.17. The molecule has 2 aromatic rings. The Morgan fingerprint density at radius 1 is 1.53 bits per heavy atom. The Morgan fingerprint density at radius 2 is 2.35 bits per heavy atom. The van der Waals surface area contributed by atoms with Crippen molar-refractivity contribution in [2.75, 3.05) is 0 Å².